The minimum absolute atomic E-state index is 0.0267. The van der Waals surface area contributed by atoms with Gasteiger partial charge in [0, 0.05) is 12.8 Å². The molecule has 0 aliphatic heterocycles. The first-order valence-corrected chi connectivity index (χ1v) is 6.45. The zero-order valence-corrected chi connectivity index (χ0v) is 11.4. The number of benzene rings is 1. The molecule has 0 radical (unpaired) electrons. The number of rotatable bonds is 5. The van der Waals surface area contributed by atoms with Gasteiger partial charge in [0.2, 0.25) is 5.91 Å². The van der Waals surface area contributed by atoms with Gasteiger partial charge in [-0.05, 0) is 19.1 Å². The van der Waals surface area contributed by atoms with Gasteiger partial charge in [-0.3, -0.25) is 9.59 Å². The Morgan fingerprint density at radius 3 is 2.81 bits per heavy atom. The van der Waals surface area contributed by atoms with Crippen molar-refractivity contribution in [2.24, 2.45) is 0 Å². The van der Waals surface area contributed by atoms with Crippen molar-refractivity contribution < 1.29 is 14.7 Å². The van der Waals surface area contributed by atoms with Crippen molar-refractivity contribution in [1.29, 1.82) is 0 Å². The maximum atomic E-state index is 11.8. The number of carboxylic acid groups (broad SMARTS) is 1. The molecule has 1 aromatic carbocycles. The summed E-state index contributed by atoms with van der Waals surface area (Å²) in [6.45, 7) is 1.32. The summed E-state index contributed by atoms with van der Waals surface area (Å²) in [6, 6.07) is 5.84. The SMILES string of the molecule is C[C@H](NC(=O)CCc1nc2ccccc2c(=O)[nH]1)C(=O)[O-]. The Kier molecular flexibility index (Phi) is 4.32. The average Bonchev–Trinajstić information content (AvgIpc) is 2.45. The zero-order chi connectivity index (χ0) is 15.4. The monoisotopic (exact) mass is 288 g/mol. The largest absolute Gasteiger partial charge is 0.548 e. The van der Waals surface area contributed by atoms with Crippen molar-refractivity contribution in [3.63, 3.8) is 0 Å². The summed E-state index contributed by atoms with van der Waals surface area (Å²) in [5.74, 6) is -1.40. The average molecular weight is 288 g/mol. The third kappa shape index (κ3) is 3.65. The van der Waals surface area contributed by atoms with Crippen molar-refractivity contribution in [1.82, 2.24) is 15.3 Å². The van der Waals surface area contributed by atoms with Crippen LogP contribution in [-0.4, -0.2) is 27.9 Å². The molecule has 110 valence electrons. The van der Waals surface area contributed by atoms with E-state index < -0.39 is 17.9 Å². The Balaban J connectivity index is 2.05. The van der Waals surface area contributed by atoms with Crippen molar-refractivity contribution in [3.8, 4) is 0 Å². The van der Waals surface area contributed by atoms with Gasteiger partial charge >= 0.3 is 0 Å². The van der Waals surface area contributed by atoms with Crippen LogP contribution in [0.5, 0.6) is 0 Å². The predicted molar refractivity (Wildman–Crippen MR) is 73.3 cm³/mol. The molecule has 0 saturated heterocycles. The highest BCUT2D eigenvalue weighted by atomic mass is 16.4. The van der Waals surface area contributed by atoms with E-state index in [1.807, 2.05) is 0 Å². The number of fused-ring (bicyclic) bond motifs is 1. The number of nitrogens with one attached hydrogen (secondary N) is 2. The van der Waals surface area contributed by atoms with Gasteiger partial charge in [0.05, 0.1) is 22.9 Å². The molecule has 2 aromatic rings. The van der Waals surface area contributed by atoms with Crippen LogP contribution >= 0.6 is 0 Å². The van der Waals surface area contributed by atoms with E-state index in [-0.39, 0.29) is 18.4 Å². The molecule has 1 heterocycles. The lowest BCUT2D eigenvalue weighted by atomic mass is 10.2. The lowest BCUT2D eigenvalue weighted by Gasteiger charge is -2.14. The number of nitrogens with zero attached hydrogens (tertiary/aromatic N) is 1. The van der Waals surface area contributed by atoms with Gasteiger partial charge in [-0.15, -0.1) is 0 Å². The van der Waals surface area contributed by atoms with Crippen molar-refractivity contribution in [2.45, 2.75) is 25.8 Å². The molecule has 7 heteroatoms. The number of aromatic amines is 1. The Labute approximate surface area is 120 Å². The van der Waals surface area contributed by atoms with Gasteiger partial charge in [0.1, 0.15) is 5.82 Å². The maximum Gasteiger partial charge on any atom is 0.258 e. The number of amides is 1. The number of carboxylic acids is 1. The second-order valence-electron chi connectivity index (χ2n) is 4.64. The van der Waals surface area contributed by atoms with Gasteiger partial charge in [-0.2, -0.15) is 0 Å². The summed E-state index contributed by atoms with van der Waals surface area (Å²) >= 11 is 0. The summed E-state index contributed by atoms with van der Waals surface area (Å²) in [5.41, 5.74) is 0.291. The summed E-state index contributed by atoms with van der Waals surface area (Å²) in [6.07, 6.45) is 0.241. The highest BCUT2D eigenvalue weighted by Gasteiger charge is 2.09. The lowest BCUT2D eigenvalue weighted by molar-refractivity contribution is -0.307. The lowest BCUT2D eigenvalue weighted by Crippen LogP contribution is -2.45. The second kappa shape index (κ2) is 6.17. The fraction of sp³-hybridized carbons (Fsp3) is 0.286. The van der Waals surface area contributed by atoms with E-state index in [9.17, 15) is 19.5 Å². The van der Waals surface area contributed by atoms with Crippen LogP contribution in [0.2, 0.25) is 0 Å². The molecule has 2 rings (SSSR count). The van der Waals surface area contributed by atoms with E-state index in [4.69, 9.17) is 0 Å². The quantitative estimate of drug-likeness (QED) is 0.740. The molecule has 0 unspecified atom stereocenters. The van der Waals surface area contributed by atoms with Crippen LogP contribution in [0, 0.1) is 0 Å². The predicted octanol–water partition coefficient (Wildman–Crippen LogP) is -0.890. The van der Waals surface area contributed by atoms with E-state index in [1.165, 1.54) is 6.92 Å². The molecule has 0 spiro atoms. The summed E-state index contributed by atoms with van der Waals surface area (Å²) < 4.78 is 0. The first-order valence-electron chi connectivity index (χ1n) is 6.45. The smallest absolute Gasteiger partial charge is 0.258 e. The van der Waals surface area contributed by atoms with Crippen LogP contribution in [0.25, 0.3) is 10.9 Å². The van der Waals surface area contributed by atoms with Gasteiger partial charge in [-0.1, -0.05) is 12.1 Å². The third-order valence-electron chi connectivity index (χ3n) is 2.98. The Morgan fingerprint density at radius 2 is 2.10 bits per heavy atom. The molecule has 1 aromatic heterocycles. The number of para-hydroxylation sites is 1. The van der Waals surface area contributed by atoms with Gasteiger partial charge in [0.15, 0.2) is 0 Å². The Bertz CT molecular complexity index is 738. The molecular formula is C14H14N3O4-. The van der Waals surface area contributed by atoms with Gasteiger partial charge < -0.3 is 20.2 Å². The number of aryl methyl sites for hydroxylation is 1. The molecule has 0 aliphatic rings. The number of aliphatic carboxylic acids is 1. The number of hydrogen-bond donors (Lipinski definition) is 2. The molecule has 0 saturated carbocycles. The first kappa shape index (κ1) is 14.7. The molecule has 2 N–H and O–H groups in total. The first-order chi connectivity index (χ1) is 9.97. The van der Waals surface area contributed by atoms with E-state index in [2.05, 4.69) is 15.3 Å². The van der Waals surface area contributed by atoms with Crippen molar-refractivity contribution in [2.75, 3.05) is 0 Å². The van der Waals surface area contributed by atoms with Crippen LogP contribution in [0.1, 0.15) is 19.2 Å². The second-order valence-corrected chi connectivity index (χ2v) is 4.64. The minimum atomic E-state index is -1.35. The van der Waals surface area contributed by atoms with E-state index >= 15 is 0 Å². The molecule has 0 fully saturated rings. The third-order valence-corrected chi connectivity index (χ3v) is 2.98. The van der Waals surface area contributed by atoms with Crippen LogP contribution in [0.4, 0.5) is 0 Å². The fourth-order valence-corrected chi connectivity index (χ4v) is 1.86. The summed E-state index contributed by atoms with van der Waals surface area (Å²) in [7, 11) is 0. The van der Waals surface area contributed by atoms with Gasteiger partial charge in [-0.25, -0.2) is 4.98 Å². The fourth-order valence-electron chi connectivity index (χ4n) is 1.86. The Morgan fingerprint density at radius 1 is 1.38 bits per heavy atom. The Hall–Kier alpha value is -2.70. The van der Waals surface area contributed by atoms with Crippen molar-refractivity contribution >= 4 is 22.8 Å². The minimum Gasteiger partial charge on any atom is -0.548 e. The van der Waals surface area contributed by atoms with Crippen molar-refractivity contribution in [3.05, 3.63) is 40.4 Å². The number of carbonyl (C=O) groups is 2. The molecule has 0 aliphatic carbocycles. The molecular weight excluding hydrogens is 274 g/mol. The highest BCUT2D eigenvalue weighted by molar-refractivity contribution is 5.82. The molecule has 0 bridgehead atoms. The van der Waals surface area contributed by atoms with E-state index in [1.54, 1.807) is 24.3 Å². The number of aromatic nitrogens is 2. The van der Waals surface area contributed by atoms with Crippen LogP contribution in [0.3, 0.4) is 0 Å². The van der Waals surface area contributed by atoms with E-state index in [0.717, 1.165) is 0 Å². The summed E-state index contributed by atoms with van der Waals surface area (Å²) in [5, 5.41) is 13.3. The van der Waals surface area contributed by atoms with Gasteiger partial charge in [0.25, 0.3) is 5.56 Å². The van der Waals surface area contributed by atoms with Crippen LogP contribution in [0.15, 0.2) is 29.1 Å². The van der Waals surface area contributed by atoms with Crippen LogP contribution < -0.4 is 16.0 Å². The summed E-state index contributed by atoms with van der Waals surface area (Å²) in [4.78, 5) is 40.8. The molecule has 7 nitrogen and oxygen atoms in total. The molecule has 21 heavy (non-hydrogen) atoms. The number of carbonyl (C=O) groups excluding carboxylic acids is 2. The van der Waals surface area contributed by atoms with Crippen LogP contribution in [-0.2, 0) is 16.0 Å². The van der Waals surface area contributed by atoms with E-state index in [0.29, 0.717) is 16.7 Å². The number of hydrogen-bond acceptors (Lipinski definition) is 5. The molecule has 1 atom stereocenters. The topological polar surface area (TPSA) is 115 Å². The maximum absolute atomic E-state index is 11.8. The standard InChI is InChI=1S/C14H15N3O4/c1-8(14(20)21)15-12(18)7-6-11-16-10-5-3-2-4-9(10)13(19)17-11/h2-5,8H,6-7H2,1H3,(H,15,18)(H,20,21)(H,16,17,19)/p-1/t8-/m0/s1. The highest BCUT2D eigenvalue weighted by Crippen LogP contribution is 2.06. The normalized spacial score (nSPS) is 12.0. The molecule has 1 amide bonds. The number of H-pyrrole nitrogens is 1. The zero-order valence-electron chi connectivity index (χ0n) is 11.4.